The molecule has 1 aromatic heterocycles. The average Bonchev–Trinajstić information content (AvgIpc) is 2.70. The molecule has 0 saturated carbocycles. The normalized spacial score (nSPS) is 19.0. The Hall–Kier alpha value is -2.12. The highest BCUT2D eigenvalue weighted by Crippen LogP contribution is 2.11. The molecule has 0 aromatic carbocycles. The average molecular weight is 282 g/mol. The Balaban J connectivity index is 2.12. The molecule has 0 bridgehead atoms. The minimum atomic E-state index is -0.663. The van der Waals surface area contributed by atoms with Crippen LogP contribution in [-0.4, -0.2) is 45.6 Å². The quantitative estimate of drug-likeness (QED) is 0.785. The lowest BCUT2D eigenvalue weighted by Gasteiger charge is -2.34. The number of aryl methyl sites for hydroxylation is 1. The third kappa shape index (κ3) is 2.89. The van der Waals surface area contributed by atoms with Crippen LogP contribution in [0.5, 0.6) is 0 Å². The van der Waals surface area contributed by atoms with Crippen LogP contribution in [-0.2, 0) is 16.1 Å². The van der Waals surface area contributed by atoms with Gasteiger partial charge in [-0.15, -0.1) is 5.10 Å². The Morgan fingerprint density at radius 1 is 1.50 bits per heavy atom. The fourth-order valence-corrected chi connectivity index (χ4v) is 2.30. The number of nitrogens with one attached hydrogen (secondary N) is 1. The van der Waals surface area contributed by atoms with E-state index in [-0.39, 0.29) is 24.2 Å². The number of piperazine rings is 1. The lowest BCUT2D eigenvalue weighted by Crippen LogP contribution is -2.57. The number of aromatic nitrogens is 2. The van der Waals surface area contributed by atoms with Crippen molar-refractivity contribution in [3.8, 4) is 0 Å². The highest BCUT2D eigenvalue weighted by Gasteiger charge is 2.32. The van der Waals surface area contributed by atoms with Gasteiger partial charge < -0.3 is 14.6 Å². The Morgan fingerprint density at radius 3 is 2.85 bits per heavy atom. The molecule has 1 aliphatic rings. The van der Waals surface area contributed by atoms with Crippen LogP contribution < -0.4 is 11.1 Å². The number of rotatable bonds is 4. The summed E-state index contributed by atoms with van der Waals surface area (Å²) in [4.78, 5) is 37.0. The lowest BCUT2D eigenvalue weighted by molar-refractivity contribution is -0.144. The molecular weight excluding hydrogens is 264 g/mol. The van der Waals surface area contributed by atoms with Crippen LogP contribution in [0.25, 0.3) is 0 Å². The van der Waals surface area contributed by atoms with Crippen LogP contribution in [0.1, 0.15) is 25.7 Å². The van der Waals surface area contributed by atoms with Crippen LogP contribution >= 0.6 is 0 Å². The third-order valence-electron chi connectivity index (χ3n) is 3.21. The smallest absolute Gasteiger partial charge is 0.393 e. The molecule has 1 aromatic rings. The molecule has 2 rings (SSSR count). The van der Waals surface area contributed by atoms with Crippen molar-refractivity contribution in [2.45, 2.75) is 39.3 Å². The van der Waals surface area contributed by atoms with Crippen molar-refractivity contribution in [3.05, 3.63) is 16.4 Å². The summed E-state index contributed by atoms with van der Waals surface area (Å²) in [6.45, 7) is 4.16. The van der Waals surface area contributed by atoms with Gasteiger partial charge >= 0.3 is 5.76 Å². The third-order valence-corrected chi connectivity index (χ3v) is 3.21. The molecule has 110 valence electrons. The van der Waals surface area contributed by atoms with E-state index in [0.717, 1.165) is 11.1 Å². The Bertz CT molecular complexity index is 562. The van der Waals surface area contributed by atoms with Gasteiger partial charge in [0.2, 0.25) is 17.7 Å². The van der Waals surface area contributed by atoms with E-state index in [1.807, 2.05) is 6.92 Å². The van der Waals surface area contributed by atoms with E-state index in [2.05, 4.69) is 10.4 Å². The van der Waals surface area contributed by atoms with Crippen LogP contribution in [0, 0.1) is 6.92 Å². The van der Waals surface area contributed by atoms with Gasteiger partial charge in [0, 0.05) is 20.0 Å². The van der Waals surface area contributed by atoms with Crippen molar-refractivity contribution in [1.82, 2.24) is 20.0 Å². The first kappa shape index (κ1) is 14.3. The van der Waals surface area contributed by atoms with Gasteiger partial charge in [0.05, 0.1) is 0 Å². The topological polar surface area (TPSA) is 97.4 Å². The Labute approximate surface area is 115 Å². The van der Waals surface area contributed by atoms with E-state index >= 15 is 0 Å². The molecule has 0 aliphatic carbocycles. The molecule has 2 amide bonds. The second-order valence-electron chi connectivity index (χ2n) is 4.73. The fourth-order valence-electron chi connectivity index (χ4n) is 2.30. The molecule has 0 spiro atoms. The minimum absolute atomic E-state index is 0.143. The molecule has 0 radical (unpaired) electrons. The number of carbonyl (C=O) groups is 2. The predicted molar refractivity (Wildman–Crippen MR) is 68.9 cm³/mol. The van der Waals surface area contributed by atoms with Crippen LogP contribution in [0.3, 0.4) is 0 Å². The summed E-state index contributed by atoms with van der Waals surface area (Å²) in [6.07, 6.45) is 1.40. The molecule has 20 heavy (non-hydrogen) atoms. The van der Waals surface area contributed by atoms with Crippen molar-refractivity contribution in [2.75, 3.05) is 13.1 Å². The molecule has 1 saturated heterocycles. The summed E-state index contributed by atoms with van der Waals surface area (Å²) in [7, 11) is 0. The monoisotopic (exact) mass is 282 g/mol. The van der Waals surface area contributed by atoms with E-state index in [1.165, 1.54) is 11.8 Å². The van der Waals surface area contributed by atoms with E-state index in [0.29, 0.717) is 19.5 Å². The van der Waals surface area contributed by atoms with Crippen LogP contribution in [0.2, 0.25) is 0 Å². The maximum atomic E-state index is 12.3. The number of amides is 2. The molecular formula is C12H18N4O4. The minimum Gasteiger partial charge on any atom is -0.393 e. The maximum absolute atomic E-state index is 12.3. The van der Waals surface area contributed by atoms with Crippen LogP contribution in [0.4, 0.5) is 0 Å². The summed E-state index contributed by atoms with van der Waals surface area (Å²) in [5.41, 5.74) is 0. The van der Waals surface area contributed by atoms with E-state index in [4.69, 9.17) is 4.42 Å². The number of nitrogens with zero attached hydrogens (tertiary/aromatic N) is 3. The van der Waals surface area contributed by atoms with Gasteiger partial charge in [-0.3, -0.25) is 9.59 Å². The Kier molecular flexibility index (Phi) is 4.21. The van der Waals surface area contributed by atoms with Crippen molar-refractivity contribution in [1.29, 1.82) is 0 Å². The number of hydrogen-bond acceptors (Lipinski definition) is 5. The molecule has 1 aliphatic heterocycles. The molecule has 1 unspecified atom stereocenters. The molecule has 1 fully saturated rings. The maximum Gasteiger partial charge on any atom is 0.437 e. The van der Waals surface area contributed by atoms with E-state index in [9.17, 15) is 14.4 Å². The first-order valence-corrected chi connectivity index (χ1v) is 6.64. The summed E-state index contributed by atoms with van der Waals surface area (Å²) in [5.74, 6) is -0.891. The highest BCUT2D eigenvalue weighted by molar-refractivity contribution is 5.88. The molecule has 8 nitrogen and oxygen atoms in total. The fraction of sp³-hybridized carbons (Fsp3) is 0.667. The highest BCUT2D eigenvalue weighted by atomic mass is 16.4. The van der Waals surface area contributed by atoms with Crippen LogP contribution in [0.15, 0.2) is 9.21 Å². The summed E-state index contributed by atoms with van der Waals surface area (Å²) >= 11 is 0. The first-order valence-electron chi connectivity index (χ1n) is 6.64. The van der Waals surface area contributed by atoms with Gasteiger partial charge in [-0.05, 0) is 6.42 Å². The molecule has 8 heteroatoms. The first-order chi connectivity index (χ1) is 9.52. The van der Waals surface area contributed by atoms with E-state index < -0.39 is 11.8 Å². The van der Waals surface area contributed by atoms with Gasteiger partial charge in [0.15, 0.2) is 0 Å². The van der Waals surface area contributed by atoms with Gasteiger partial charge in [-0.1, -0.05) is 13.3 Å². The summed E-state index contributed by atoms with van der Waals surface area (Å²) < 4.78 is 5.72. The zero-order valence-electron chi connectivity index (χ0n) is 11.6. The van der Waals surface area contributed by atoms with Gasteiger partial charge in [-0.2, -0.15) is 4.68 Å². The largest absolute Gasteiger partial charge is 0.437 e. The van der Waals surface area contributed by atoms with Crippen molar-refractivity contribution in [2.24, 2.45) is 0 Å². The molecule has 1 N–H and O–H groups in total. The lowest BCUT2D eigenvalue weighted by atomic mass is 10.1. The number of carbonyl (C=O) groups excluding carboxylic acids is 2. The Morgan fingerprint density at radius 2 is 2.25 bits per heavy atom. The van der Waals surface area contributed by atoms with Crippen molar-refractivity contribution in [3.63, 3.8) is 0 Å². The number of hydrogen-bond donors (Lipinski definition) is 1. The SMILES string of the molecule is CCCC1C(=O)NCCN1C(=O)Cn1nc(C)oc1=O. The second kappa shape index (κ2) is 5.89. The molecule has 2 heterocycles. The predicted octanol–water partition coefficient (Wildman–Crippen LogP) is -0.728. The molecule has 1 atom stereocenters. The second-order valence-corrected chi connectivity index (χ2v) is 4.73. The van der Waals surface area contributed by atoms with Crippen molar-refractivity contribution >= 4 is 11.8 Å². The zero-order valence-corrected chi connectivity index (χ0v) is 11.6. The summed E-state index contributed by atoms with van der Waals surface area (Å²) in [5, 5.41) is 6.57. The van der Waals surface area contributed by atoms with Gasteiger partial charge in [0.25, 0.3) is 0 Å². The van der Waals surface area contributed by atoms with Crippen molar-refractivity contribution < 1.29 is 14.0 Å². The zero-order chi connectivity index (χ0) is 14.7. The standard InChI is InChI=1S/C12H18N4O4/c1-3-4-9-11(18)13-5-6-15(9)10(17)7-16-12(19)20-8(2)14-16/h9H,3-7H2,1-2H3,(H,13,18). The van der Waals surface area contributed by atoms with Gasteiger partial charge in [-0.25, -0.2) is 4.79 Å². The van der Waals surface area contributed by atoms with E-state index in [1.54, 1.807) is 0 Å². The van der Waals surface area contributed by atoms with Gasteiger partial charge in [0.1, 0.15) is 12.6 Å². The summed E-state index contributed by atoms with van der Waals surface area (Å²) in [6, 6.07) is -0.468.